The Morgan fingerprint density at radius 1 is 1.13 bits per heavy atom. The van der Waals surface area contributed by atoms with Crippen LogP contribution in [0.1, 0.15) is 34.1 Å². The Kier molecular flexibility index (Phi) is 5.78. The fourth-order valence-electron chi connectivity index (χ4n) is 3.68. The van der Waals surface area contributed by atoms with Crippen LogP contribution in [0.2, 0.25) is 0 Å². The first-order chi connectivity index (χ1) is 14.5. The summed E-state index contributed by atoms with van der Waals surface area (Å²) in [5, 5.41) is 2.01. The number of anilines is 1. The van der Waals surface area contributed by atoms with Crippen LogP contribution in [-0.2, 0) is 10.0 Å². The highest BCUT2D eigenvalue weighted by molar-refractivity contribution is 7.92. The lowest BCUT2D eigenvalue weighted by molar-refractivity contribution is 0.0737. The van der Waals surface area contributed by atoms with Crippen LogP contribution in [0.5, 0.6) is 5.75 Å². The second-order valence-corrected chi connectivity index (χ2v) is 9.67. The third kappa shape index (κ3) is 4.06. The Morgan fingerprint density at radius 2 is 1.97 bits per heavy atom. The number of hydrogen-bond donors (Lipinski definition) is 1. The number of sulfonamides is 1. The largest absolute Gasteiger partial charge is 0.495 e. The van der Waals surface area contributed by atoms with Gasteiger partial charge in [-0.3, -0.25) is 9.52 Å². The van der Waals surface area contributed by atoms with Gasteiger partial charge in [0, 0.05) is 17.0 Å². The number of ether oxygens (including phenoxy) is 1. The molecule has 0 saturated carbocycles. The molecule has 1 atom stereocenters. The van der Waals surface area contributed by atoms with Crippen LogP contribution < -0.4 is 9.46 Å². The fourth-order valence-corrected chi connectivity index (χ4v) is 5.67. The summed E-state index contributed by atoms with van der Waals surface area (Å²) in [6.07, 6.45) is 1.85. The normalized spacial score (nSPS) is 16.4. The molecule has 0 radical (unpaired) electrons. The van der Waals surface area contributed by atoms with Crippen molar-refractivity contribution in [2.24, 2.45) is 0 Å². The summed E-state index contributed by atoms with van der Waals surface area (Å²) in [5.41, 5.74) is 0.704. The first kappa shape index (κ1) is 20.4. The summed E-state index contributed by atoms with van der Waals surface area (Å²) in [7, 11) is -2.40. The highest BCUT2D eigenvalue weighted by Gasteiger charge is 2.31. The van der Waals surface area contributed by atoms with Gasteiger partial charge in [0.25, 0.3) is 15.9 Å². The Balaban J connectivity index is 1.60. The van der Waals surface area contributed by atoms with Crippen LogP contribution in [0.25, 0.3) is 0 Å². The number of hydrogen-bond acceptors (Lipinski definition) is 5. The van der Waals surface area contributed by atoms with Gasteiger partial charge in [0.1, 0.15) is 5.75 Å². The second kappa shape index (κ2) is 8.49. The molecule has 6 nitrogen and oxygen atoms in total. The zero-order valence-electron chi connectivity index (χ0n) is 16.4. The van der Waals surface area contributed by atoms with E-state index in [0.717, 1.165) is 17.7 Å². The minimum absolute atomic E-state index is 0.0335. The van der Waals surface area contributed by atoms with Gasteiger partial charge in [-0.1, -0.05) is 24.3 Å². The number of para-hydroxylation sites is 2. The summed E-state index contributed by atoms with van der Waals surface area (Å²) in [6.45, 7) is 0.665. The molecular weight excluding hydrogens is 420 g/mol. The number of nitrogens with one attached hydrogen (secondary N) is 1. The lowest BCUT2D eigenvalue weighted by Crippen LogP contribution is -2.30. The van der Waals surface area contributed by atoms with E-state index in [1.165, 1.54) is 19.2 Å². The molecule has 30 heavy (non-hydrogen) atoms. The van der Waals surface area contributed by atoms with Crippen molar-refractivity contribution in [1.29, 1.82) is 0 Å². The Labute approximate surface area is 180 Å². The first-order valence-corrected chi connectivity index (χ1v) is 12.0. The molecule has 1 amide bonds. The van der Waals surface area contributed by atoms with Gasteiger partial charge in [0.05, 0.1) is 23.7 Å². The number of rotatable bonds is 6. The SMILES string of the molecule is COc1ccccc1NS(=O)(=O)c1cccc(C(=O)N2CCCC2c2cccs2)c1. The summed E-state index contributed by atoms with van der Waals surface area (Å²) in [5.74, 6) is 0.268. The molecule has 3 aromatic rings. The molecule has 1 saturated heterocycles. The molecule has 0 aliphatic carbocycles. The van der Waals surface area contributed by atoms with E-state index in [0.29, 0.717) is 23.5 Å². The van der Waals surface area contributed by atoms with Gasteiger partial charge < -0.3 is 9.64 Å². The van der Waals surface area contributed by atoms with Gasteiger partial charge in [-0.2, -0.15) is 0 Å². The van der Waals surface area contributed by atoms with Crippen molar-refractivity contribution in [2.75, 3.05) is 18.4 Å². The van der Waals surface area contributed by atoms with Crippen molar-refractivity contribution >= 4 is 33.0 Å². The quantitative estimate of drug-likeness (QED) is 0.608. The molecule has 0 bridgehead atoms. The predicted octanol–water partition coefficient (Wildman–Crippen LogP) is 4.53. The van der Waals surface area contributed by atoms with Crippen LogP contribution in [0.4, 0.5) is 5.69 Å². The maximum Gasteiger partial charge on any atom is 0.262 e. The van der Waals surface area contributed by atoms with Crippen molar-refractivity contribution in [3.63, 3.8) is 0 Å². The summed E-state index contributed by atoms with van der Waals surface area (Å²) < 4.78 is 33.6. The standard InChI is InChI=1S/C22H22N2O4S2/c1-28-20-11-3-2-9-18(20)23-30(26,27)17-8-4-7-16(15-17)22(25)24-13-5-10-19(24)21-12-6-14-29-21/h2-4,6-9,11-12,14-15,19,23H,5,10,13H2,1H3. The Morgan fingerprint density at radius 3 is 2.73 bits per heavy atom. The van der Waals surface area contributed by atoms with Gasteiger partial charge in [-0.15, -0.1) is 11.3 Å². The molecule has 1 N–H and O–H groups in total. The number of likely N-dealkylation sites (tertiary alicyclic amines) is 1. The smallest absolute Gasteiger partial charge is 0.262 e. The number of methoxy groups -OCH3 is 1. The Hall–Kier alpha value is -2.84. The summed E-state index contributed by atoms with van der Waals surface area (Å²) >= 11 is 1.64. The minimum Gasteiger partial charge on any atom is -0.495 e. The van der Waals surface area contributed by atoms with E-state index >= 15 is 0 Å². The van der Waals surface area contributed by atoms with E-state index in [1.807, 2.05) is 22.4 Å². The van der Waals surface area contributed by atoms with Crippen molar-refractivity contribution in [3.8, 4) is 5.75 Å². The van der Waals surface area contributed by atoms with E-state index in [1.54, 1.807) is 47.7 Å². The summed E-state index contributed by atoms with van der Waals surface area (Å²) in [6, 6.07) is 17.0. The van der Waals surface area contributed by atoms with E-state index in [2.05, 4.69) is 4.72 Å². The Bertz CT molecular complexity index is 1140. The molecule has 1 aliphatic heterocycles. The van der Waals surface area contributed by atoms with Crippen molar-refractivity contribution < 1.29 is 17.9 Å². The third-order valence-electron chi connectivity index (χ3n) is 5.13. The van der Waals surface area contributed by atoms with Crippen molar-refractivity contribution in [3.05, 3.63) is 76.5 Å². The number of carbonyl (C=O) groups excluding carboxylic acids is 1. The van der Waals surface area contributed by atoms with E-state index in [9.17, 15) is 13.2 Å². The number of nitrogens with zero attached hydrogens (tertiary/aromatic N) is 1. The van der Waals surface area contributed by atoms with E-state index < -0.39 is 10.0 Å². The van der Waals surface area contributed by atoms with Crippen molar-refractivity contribution in [1.82, 2.24) is 4.90 Å². The number of thiophene rings is 1. The van der Waals surface area contributed by atoms with Gasteiger partial charge in [-0.25, -0.2) is 8.42 Å². The molecular formula is C22H22N2O4S2. The maximum atomic E-state index is 13.2. The topological polar surface area (TPSA) is 75.7 Å². The summed E-state index contributed by atoms with van der Waals surface area (Å²) in [4.78, 5) is 16.2. The minimum atomic E-state index is -3.88. The van der Waals surface area contributed by atoms with Gasteiger partial charge in [0.2, 0.25) is 0 Å². The molecule has 0 spiro atoms. The third-order valence-corrected chi connectivity index (χ3v) is 7.46. The number of benzene rings is 2. The van der Waals surface area contributed by atoms with Gasteiger partial charge in [0.15, 0.2) is 0 Å². The molecule has 2 heterocycles. The molecule has 2 aromatic carbocycles. The van der Waals surface area contributed by atoms with Crippen LogP contribution >= 0.6 is 11.3 Å². The lowest BCUT2D eigenvalue weighted by Gasteiger charge is -2.24. The van der Waals surface area contributed by atoms with Crippen LogP contribution in [0.15, 0.2) is 70.9 Å². The zero-order chi connectivity index (χ0) is 21.1. The molecule has 1 aromatic heterocycles. The molecule has 8 heteroatoms. The molecule has 1 unspecified atom stereocenters. The lowest BCUT2D eigenvalue weighted by atomic mass is 10.1. The highest BCUT2D eigenvalue weighted by atomic mass is 32.2. The van der Waals surface area contributed by atoms with Crippen LogP contribution in [0.3, 0.4) is 0 Å². The van der Waals surface area contributed by atoms with Gasteiger partial charge >= 0.3 is 0 Å². The molecule has 156 valence electrons. The second-order valence-electron chi connectivity index (χ2n) is 7.01. The molecule has 4 rings (SSSR count). The first-order valence-electron chi connectivity index (χ1n) is 9.60. The molecule has 1 aliphatic rings. The van der Waals surface area contributed by atoms with E-state index in [4.69, 9.17) is 4.74 Å². The number of amides is 1. The van der Waals surface area contributed by atoms with Crippen molar-refractivity contribution in [2.45, 2.75) is 23.8 Å². The average molecular weight is 443 g/mol. The molecule has 1 fully saturated rings. The maximum absolute atomic E-state index is 13.2. The average Bonchev–Trinajstić information content (AvgIpc) is 3.45. The van der Waals surface area contributed by atoms with Crippen LogP contribution in [0, 0.1) is 0 Å². The monoisotopic (exact) mass is 442 g/mol. The van der Waals surface area contributed by atoms with Crippen LogP contribution in [-0.4, -0.2) is 32.9 Å². The highest BCUT2D eigenvalue weighted by Crippen LogP contribution is 2.35. The fraction of sp³-hybridized carbons (Fsp3) is 0.227. The predicted molar refractivity (Wildman–Crippen MR) is 118 cm³/mol. The van der Waals surface area contributed by atoms with E-state index in [-0.39, 0.29) is 16.8 Å². The zero-order valence-corrected chi connectivity index (χ0v) is 18.1. The number of carbonyl (C=O) groups is 1. The van der Waals surface area contributed by atoms with Gasteiger partial charge in [-0.05, 0) is 54.6 Å².